The summed E-state index contributed by atoms with van der Waals surface area (Å²) in [4.78, 5) is 24.9. The molecule has 4 rings (SSSR count). The number of ether oxygens (including phenoxy) is 4. The summed E-state index contributed by atoms with van der Waals surface area (Å²) < 4.78 is 21.9. The van der Waals surface area contributed by atoms with Gasteiger partial charge in [0.1, 0.15) is 11.5 Å². The Hall–Kier alpha value is -4.06. The predicted molar refractivity (Wildman–Crippen MR) is 115 cm³/mol. The molecule has 1 heterocycles. The minimum absolute atomic E-state index is 0.106. The van der Waals surface area contributed by atoms with Crippen LogP contribution in [-0.2, 0) is 0 Å². The Labute approximate surface area is 179 Å². The minimum atomic E-state index is -0.225. The molecule has 6 nitrogen and oxygen atoms in total. The molecule has 0 radical (unpaired) electrons. The smallest absolute Gasteiger partial charge is 0.231 e. The summed E-state index contributed by atoms with van der Waals surface area (Å²) in [6.45, 7) is -0.106. The third-order valence-corrected chi connectivity index (χ3v) is 4.81. The standard InChI is InChI=1S/C25H20O6/c1-28-21-11-8-16(12-23(21)29-2)13-24-25(27)19-10-9-18(14-22(19)31-24)30-15-20(26)17-6-4-3-5-7-17/h3-14H,15H2,1-2H3/b24-13-. The number of allylic oxidation sites excluding steroid dienone is 1. The molecule has 0 saturated carbocycles. The lowest BCUT2D eigenvalue weighted by atomic mass is 10.1. The van der Waals surface area contributed by atoms with Crippen LogP contribution in [0.25, 0.3) is 6.08 Å². The fourth-order valence-corrected chi connectivity index (χ4v) is 3.21. The number of hydrogen-bond donors (Lipinski definition) is 0. The second-order valence-electron chi connectivity index (χ2n) is 6.79. The molecular formula is C25H20O6. The Morgan fingerprint density at radius 3 is 2.45 bits per heavy atom. The molecule has 6 heteroatoms. The van der Waals surface area contributed by atoms with E-state index in [0.717, 1.165) is 5.56 Å². The van der Waals surface area contributed by atoms with Gasteiger partial charge in [-0.2, -0.15) is 0 Å². The first-order valence-corrected chi connectivity index (χ1v) is 9.60. The largest absolute Gasteiger partial charge is 0.493 e. The first-order valence-electron chi connectivity index (χ1n) is 9.60. The van der Waals surface area contributed by atoms with Gasteiger partial charge < -0.3 is 18.9 Å². The molecule has 0 aliphatic carbocycles. The summed E-state index contributed by atoms with van der Waals surface area (Å²) in [5.74, 6) is 1.82. The van der Waals surface area contributed by atoms with Crippen LogP contribution in [0, 0.1) is 0 Å². The van der Waals surface area contributed by atoms with Gasteiger partial charge in [-0.15, -0.1) is 0 Å². The van der Waals surface area contributed by atoms with E-state index < -0.39 is 0 Å². The van der Waals surface area contributed by atoms with Gasteiger partial charge in [0.25, 0.3) is 0 Å². The molecule has 3 aromatic rings. The molecule has 31 heavy (non-hydrogen) atoms. The number of rotatable bonds is 7. The van der Waals surface area contributed by atoms with Crippen molar-refractivity contribution in [2.45, 2.75) is 0 Å². The second kappa shape index (κ2) is 8.75. The fraction of sp³-hybridized carbons (Fsp3) is 0.120. The van der Waals surface area contributed by atoms with Crippen LogP contribution in [0.5, 0.6) is 23.0 Å². The molecule has 1 aliphatic rings. The summed E-state index contributed by atoms with van der Waals surface area (Å²) in [5, 5.41) is 0. The van der Waals surface area contributed by atoms with Crippen LogP contribution in [0.15, 0.2) is 72.5 Å². The highest BCUT2D eigenvalue weighted by atomic mass is 16.5. The summed E-state index contributed by atoms with van der Waals surface area (Å²) in [6, 6.07) is 19.1. The number of carbonyl (C=O) groups is 2. The maximum Gasteiger partial charge on any atom is 0.231 e. The molecule has 0 saturated heterocycles. The highest BCUT2D eigenvalue weighted by molar-refractivity contribution is 6.14. The molecular weight excluding hydrogens is 396 g/mol. The first-order chi connectivity index (χ1) is 15.1. The highest BCUT2D eigenvalue weighted by Gasteiger charge is 2.28. The van der Waals surface area contributed by atoms with Crippen molar-refractivity contribution in [2.24, 2.45) is 0 Å². The van der Waals surface area contributed by atoms with E-state index in [1.807, 2.05) is 6.07 Å². The maximum absolute atomic E-state index is 12.7. The van der Waals surface area contributed by atoms with E-state index in [9.17, 15) is 9.59 Å². The molecule has 1 aliphatic heterocycles. The SMILES string of the molecule is COc1ccc(/C=C2\Oc3cc(OCC(=O)c4ccccc4)ccc3C2=O)cc1OC. The van der Waals surface area contributed by atoms with Gasteiger partial charge in [0.05, 0.1) is 19.8 Å². The molecule has 0 bridgehead atoms. The summed E-state index contributed by atoms with van der Waals surface area (Å²) in [5.41, 5.74) is 1.75. The molecule has 0 N–H and O–H groups in total. The summed E-state index contributed by atoms with van der Waals surface area (Å²) in [6.07, 6.45) is 1.64. The van der Waals surface area contributed by atoms with Gasteiger partial charge in [-0.1, -0.05) is 36.4 Å². The van der Waals surface area contributed by atoms with Crippen molar-refractivity contribution in [1.82, 2.24) is 0 Å². The van der Waals surface area contributed by atoms with Crippen LogP contribution >= 0.6 is 0 Å². The number of methoxy groups -OCH3 is 2. The van der Waals surface area contributed by atoms with Crippen molar-refractivity contribution >= 4 is 17.6 Å². The Balaban J connectivity index is 1.49. The first kappa shape index (κ1) is 20.2. The molecule has 0 aromatic heterocycles. The average Bonchev–Trinajstić information content (AvgIpc) is 3.12. The predicted octanol–water partition coefficient (Wildman–Crippen LogP) is 4.58. The van der Waals surface area contributed by atoms with E-state index in [4.69, 9.17) is 18.9 Å². The second-order valence-corrected chi connectivity index (χ2v) is 6.79. The van der Waals surface area contributed by atoms with Gasteiger partial charge in [0, 0.05) is 11.6 Å². The van der Waals surface area contributed by atoms with Crippen molar-refractivity contribution in [3.05, 3.63) is 89.2 Å². The zero-order chi connectivity index (χ0) is 21.8. The zero-order valence-corrected chi connectivity index (χ0v) is 17.1. The van der Waals surface area contributed by atoms with E-state index in [2.05, 4.69) is 0 Å². The number of ketones is 2. The van der Waals surface area contributed by atoms with Crippen LogP contribution in [0.1, 0.15) is 26.3 Å². The molecule has 156 valence electrons. The highest BCUT2D eigenvalue weighted by Crippen LogP contribution is 2.36. The molecule has 0 spiro atoms. The summed E-state index contributed by atoms with van der Waals surface area (Å²) in [7, 11) is 3.11. The van der Waals surface area contributed by atoms with Crippen LogP contribution in [0.2, 0.25) is 0 Å². The topological polar surface area (TPSA) is 71.1 Å². The molecule has 0 fully saturated rings. The Bertz CT molecular complexity index is 1160. The summed E-state index contributed by atoms with van der Waals surface area (Å²) >= 11 is 0. The van der Waals surface area contributed by atoms with Gasteiger partial charge in [-0.3, -0.25) is 9.59 Å². The van der Waals surface area contributed by atoms with Crippen LogP contribution in [0.3, 0.4) is 0 Å². The Kier molecular flexibility index (Phi) is 5.71. The Morgan fingerprint density at radius 1 is 0.935 bits per heavy atom. The van der Waals surface area contributed by atoms with Gasteiger partial charge in [-0.05, 0) is 35.9 Å². The van der Waals surface area contributed by atoms with Gasteiger partial charge in [0.2, 0.25) is 5.78 Å². The van der Waals surface area contributed by atoms with E-state index in [-0.39, 0.29) is 23.9 Å². The fourth-order valence-electron chi connectivity index (χ4n) is 3.21. The molecule has 0 unspecified atom stereocenters. The number of carbonyl (C=O) groups excluding carboxylic acids is 2. The van der Waals surface area contributed by atoms with Crippen LogP contribution in [0.4, 0.5) is 0 Å². The van der Waals surface area contributed by atoms with E-state index in [1.54, 1.807) is 81.0 Å². The third-order valence-electron chi connectivity index (χ3n) is 4.81. The number of benzene rings is 3. The van der Waals surface area contributed by atoms with Crippen molar-refractivity contribution < 1.29 is 28.5 Å². The van der Waals surface area contributed by atoms with Crippen molar-refractivity contribution in [2.75, 3.05) is 20.8 Å². The zero-order valence-electron chi connectivity index (χ0n) is 17.1. The lowest BCUT2D eigenvalue weighted by molar-refractivity contribution is 0.0921. The maximum atomic E-state index is 12.7. The molecule has 0 atom stereocenters. The quantitative estimate of drug-likeness (QED) is 0.415. The van der Waals surface area contributed by atoms with Crippen molar-refractivity contribution in [3.63, 3.8) is 0 Å². The van der Waals surface area contributed by atoms with E-state index >= 15 is 0 Å². The monoisotopic (exact) mass is 416 g/mol. The number of hydrogen-bond acceptors (Lipinski definition) is 6. The lowest BCUT2D eigenvalue weighted by Gasteiger charge is -2.08. The molecule has 3 aromatic carbocycles. The number of fused-ring (bicyclic) bond motifs is 1. The van der Waals surface area contributed by atoms with Crippen LogP contribution < -0.4 is 18.9 Å². The van der Waals surface area contributed by atoms with Gasteiger partial charge >= 0.3 is 0 Å². The minimum Gasteiger partial charge on any atom is -0.493 e. The number of Topliss-reactive ketones (excluding diaryl/α,β-unsaturated/α-hetero) is 2. The van der Waals surface area contributed by atoms with E-state index in [1.165, 1.54) is 0 Å². The van der Waals surface area contributed by atoms with Gasteiger partial charge in [-0.25, -0.2) is 0 Å². The van der Waals surface area contributed by atoms with Crippen molar-refractivity contribution in [3.8, 4) is 23.0 Å². The van der Waals surface area contributed by atoms with E-state index in [0.29, 0.717) is 34.1 Å². The average molecular weight is 416 g/mol. The van der Waals surface area contributed by atoms with Crippen LogP contribution in [-0.4, -0.2) is 32.4 Å². The Morgan fingerprint density at radius 2 is 1.71 bits per heavy atom. The molecule has 0 amide bonds. The van der Waals surface area contributed by atoms with Gasteiger partial charge in [0.15, 0.2) is 29.6 Å². The third kappa shape index (κ3) is 4.28. The van der Waals surface area contributed by atoms with Crippen molar-refractivity contribution in [1.29, 1.82) is 0 Å². The normalized spacial score (nSPS) is 13.5. The lowest BCUT2D eigenvalue weighted by Crippen LogP contribution is -2.11.